The zero-order valence-corrected chi connectivity index (χ0v) is 12.6. The molecule has 0 amide bonds. The summed E-state index contributed by atoms with van der Waals surface area (Å²) in [6.45, 7) is 0. The highest BCUT2D eigenvalue weighted by molar-refractivity contribution is 9.11. The molecule has 0 unspecified atom stereocenters. The van der Waals surface area contributed by atoms with Crippen molar-refractivity contribution in [3.8, 4) is 5.75 Å². The molecule has 0 aromatic heterocycles. The Balaban J connectivity index is 2.14. The Morgan fingerprint density at radius 1 is 1.06 bits per heavy atom. The highest BCUT2D eigenvalue weighted by atomic mass is 79.9. The minimum atomic E-state index is 0.339. The third-order valence-electron chi connectivity index (χ3n) is 2.62. The predicted molar refractivity (Wildman–Crippen MR) is 80.8 cm³/mol. The summed E-state index contributed by atoms with van der Waals surface area (Å²) in [4.78, 5) is 0. The van der Waals surface area contributed by atoms with Crippen LogP contribution in [0.25, 0.3) is 0 Å². The number of benzene rings is 2. The van der Waals surface area contributed by atoms with Crippen molar-refractivity contribution in [3.05, 3.63) is 59.7 Å². The quantitative estimate of drug-likeness (QED) is 0.631. The van der Waals surface area contributed by atoms with Crippen LogP contribution in [0.15, 0.2) is 48.5 Å². The molecule has 0 heterocycles. The van der Waals surface area contributed by atoms with Gasteiger partial charge in [0.1, 0.15) is 5.75 Å². The summed E-state index contributed by atoms with van der Waals surface area (Å²) in [7, 11) is 0. The fourth-order valence-corrected chi connectivity index (χ4v) is 2.11. The molecule has 5 heteroatoms. The molecule has 0 atom stereocenters. The van der Waals surface area contributed by atoms with Crippen molar-refractivity contribution in [2.45, 2.75) is 6.42 Å². The molecule has 2 rings (SSSR count). The van der Waals surface area contributed by atoms with E-state index in [4.69, 9.17) is 0 Å². The van der Waals surface area contributed by atoms with Gasteiger partial charge in [-0.3, -0.25) is 0 Å². The molecule has 0 bridgehead atoms. The molecule has 0 saturated carbocycles. The summed E-state index contributed by atoms with van der Waals surface area (Å²) in [6.07, 6.45) is 0.719. The molecule has 0 aliphatic rings. The number of nitrogens with one attached hydrogen (secondary N) is 1. The summed E-state index contributed by atoms with van der Waals surface area (Å²) in [5.74, 6) is 0.339. The number of phenols is 1. The molecule has 0 saturated heterocycles. The number of anilines is 1. The second kappa shape index (κ2) is 6.22. The SMILES string of the molecule is Oc1ccccc1Cc1ccc(N(Br)NBr)cc1. The first kappa shape index (κ1) is 13.4. The second-order valence-corrected chi connectivity index (χ2v) is 4.90. The summed E-state index contributed by atoms with van der Waals surface area (Å²) in [5, 5.41) is 9.72. The van der Waals surface area contributed by atoms with E-state index in [2.05, 4.69) is 36.7 Å². The highest BCUT2D eigenvalue weighted by Gasteiger charge is 2.03. The van der Waals surface area contributed by atoms with Crippen LogP contribution in [-0.4, -0.2) is 5.11 Å². The van der Waals surface area contributed by atoms with Gasteiger partial charge in [0.2, 0.25) is 0 Å². The second-order valence-electron chi connectivity index (χ2n) is 3.84. The lowest BCUT2D eigenvalue weighted by Crippen LogP contribution is -2.17. The lowest BCUT2D eigenvalue weighted by Gasteiger charge is -2.13. The number of para-hydroxylation sites is 1. The van der Waals surface area contributed by atoms with Gasteiger partial charge in [0.15, 0.2) is 0 Å². The maximum atomic E-state index is 9.72. The van der Waals surface area contributed by atoms with E-state index in [0.29, 0.717) is 5.75 Å². The van der Waals surface area contributed by atoms with E-state index in [-0.39, 0.29) is 0 Å². The Morgan fingerprint density at radius 2 is 1.72 bits per heavy atom. The number of hydrogen-bond acceptors (Lipinski definition) is 3. The lowest BCUT2D eigenvalue weighted by molar-refractivity contribution is 0.469. The molecule has 2 aromatic rings. The summed E-state index contributed by atoms with van der Waals surface area (Å²) in [5.41, 5.74) is 3.06. The standard InChI is InChI=1S/C13H12Br2N2O/c14-16-17(15)12-7-5-10(6-8-12)9-11-3-1-2-4-13(11)18/h1-8,16,18H,9H2. The largest absolute Gasteiger partial charge is 0.508 e. The smallest absolute Gasteiger partial charge is 0.119 e. The van der Waals surface area contributed by atoms with Crippen LogP contribution < -0.4 is 8.49 Å². The normalized spacial score (nSPS) is 10.3. The van der Waals surface area contributed by atoms with Gasteiger partial charge in [-0.15, -0.1) is 0 Å². The summed E-state index contributed by atoms with van der Waals surface area (Å²) < 4.78 is 4.46. The zero-order valence-electron chi connectivity index (χ0n) is 9.48. The van der Waals surface area contributed by atoms with Crippen molar-refractivity contribution in [1.82, 2.24) is 4.45 Å². The minimum Gasteiger partial charge on any atom is -0.508 e. The Morgan fingerprint density at radius 3 is 2.33 bits per heavy atom. The molecule has 3 nitrogen and oxygen atoms in total. The first-order valence-electron chi connectivity index (χ1n) is 5.38. The monoisotopic (exact) mass is 370 g/mol. The topological polar surface area (TPSA) is 35.5 Å². The molecular formula is C13H12Br2N2O. The molecule has 2 aromatic carbocycles. The molecule has 0 aliphatic carbocycles. The van der Waals surface area contributed by atoms with Gasteiger partial charge in [-0.2, -0.15) is 4.45 Å². The van der Waals surface area contributed by atoms with Gasteiger partial charge >= 0.3 is 0 Å². The van der Waals surface area contributed by atoms with E-state index in [0.717, 1.165) is 23.2 Å². The van der Waals surface area contributed by atoms with Crippen LogP contribution in [0, 0.1) is 0 Å². The molecule has 0 fully saturated rings. The third-order valence-corrected chi connectivity index (χ3v) is 4.04. The van der Waals surface area contributed by atoms with Crippen LogP contribution in [0.5, 0.6) is 5.75 Å². The number of aromatic hydroxyl groups is 1. The van der Waals surface area contributed by atoms with Crippen LogP contribution in [0.4, 0.5) is 5.69 Å². The van der Waals surface area contributed by atoms with Crippen molar-refractivity contribution in [2.75, 3.05) is 4.03 Å². The average molecular weight is 372 g/mol. The molecular weight excluding hydrogens is 360 g/mol. The third kappa shape index (κ3) is 3.25. The van der Waals surface area contributed by atoms with E-state index in [1.54, 1.807) is 10.1 Å². The van der Waals surface area contributed by atoms with Gasteiger partial charge in [-0.1, -0.05) is 30.3 Å². The highest BCUT2D eigenvalue weighted by Crippen LogP contribution is 2.22. The number of phenolic OH excluding ortho intramolecular Hbond substituents is 1. The van der Waals surface area contributed by atoms with Crippen molar-refractivity contribution in [2.24, 2.45) is 0 Å². The zero-order chi connectivity index (χ0) is 13.0. The Kier molecular flexibility index (Phi) is 4.63. The van der Waals surface area contributed by atoms with Crippen LogP contribution in [0.3, 0.4) is 0 Å². The van der Waals surface area contributed by atoms with Crippen molar-refractivity contribution >= 4 is 38.0 Å². The Hall–Kier alpha value is -1.04. The molecule has 0 aliphatic heterocycles. The number of halogens is 2. The number of hydrazine groups is 1. The van der Waals surface area contributed by atoms with Gasteiger partial charge in [0.05, 0.1) is 21.8 Å². The van der Waals surface area contributed by atoms with Crippen molar-refractivity contribution in [3.63, 3.8) is 0 Å². The maximum Gasteiger partial charge on any atom is 0.119 e. The van der Waals surface area contributed by atoms with Crippen LogP contribution >= 0.6 is 32.3 Å². The minimum absolute atomic E-state index is 0.339. The fourth-order valence-electron chi connectivity index (χ4n) is 1.67. The molecule has 2 N–H and O–H groups in total. The summed E-state index contributed by atoms with van der Waals surface area (Å²) >= 11 is 6.45. The van der Waals surface area contributed by atoms with E-state index >= 15 is 0 Å². The number of hydrogen-bond donors (Lipinski definition) is 2. The maximum absolute atomic E-state index is 9.72. The van der Waals surface area contributed by atoms with Crippen LogP contribution in [0.1, 0.15) is 11.1 Å². The van der Waals surface area contributed by atoms with Crippen LogP contribution in [0.2, 0.25) is 0 Å². The van der Waals surface area contributed by atoms with Crippen LogP contribution in [-0.2, 0) is 6.42 Å². The first-order valence-corrected chi connectivity index (χ1v) is 6.89. The van der Waals surface area contributed by atoms with E-state index in [9.17, 15) is 5.11 Å². The van der Waals surface area contributed by atoms with E-state index < -0.39 is 0 Å². The molecule has 0 spiro atoms. The van der Waals surface area contributed by atoms with Gasteiger partial charge in [-0.05, 0) is 29.3 Å². The predicted octanol–water partition coefficient (Wildman–Crippen LogP) is 3.91. The number of rotatable bonds is 4. The Labute approximate surface area is 123 Å². The van der Waals surface area contributed by atoms with Gasteiger partial charge in [-0.25, -0.2) is 4.03 Å². The average Bonchev–Trinajstić information content (AvgIpc) is 2.41. The van der Waals surface area contributed by atoms with Gasteiger partial charge < -0.3 is 5.11 Å². The first-order chi connectivity index (χ1) is 8.70. The molecule has 18 heavy (non-hydrogen) atoms. The van der Waals surface area contributed by atoms with Crippen molar-refractivity contribution in [1.29, 1.82) is 0 Å². The lowest BCUT2D eigenvalue weighted by atomic mass is 10.0. The fraction of sp³-hybridized carbons (Fsp3) is 0.0769. The van der Waals surface area contributed by atoms with Gasteiger partial charge in [0.25, 0.3) is 0 Å². The Bertz CT molecular complexity index is 517. The van der Waals surface area contributed by atoms with E-state index in [1.807, 2.05) is 42.5 Å². The summed E-state index contributed by atoms with van der Waals surface area (Å²) in [6, 6.07) is 15.4. The van der Waals surface area contributed by atoms with Crippen molar-refractivity contribution < 1.29 is 5.11 Å². The molecule has 94 valence electrons. The number of nitrogens with zero attached hydrogens (tertiary/aromatic N) is 1. The molecule has 0 radical (unpaired) electrons. The van der Waals surface area contributed by atoms with E-state index in [1.165, 1.54) is 0 Å². The van der Waals surface area contributed by atoms with Gasteiger partial charge in [0, 0.05) is 22.6 Å².